The minimum Gasteiger partial charge on any atom is -0.481 e. The normalized spacial score (nSPS) is 10.5. The molecule has 0 bridgehead atoms. The molecule has 4 heteroatoms. The Labute approximate surface area is 106 Å². The Morgan fingerprint density at radius 2 is 2.06 bits per heavy atom. The number of aryl methyl sites for hydroxylation is 1. The highest BCUT2D eigenvalue weighted by molar-refractivity contribution is 5.87. The van der Waals surface area contributed by atoms with Gasteiger partial charge in [0.1, 0.15) is 0 Å². The van der Waals surface area contributed by atoms with E-state index in [9.17, 15) is 9.59 Å². The molecule has 0 saturated heterocycles. The van der Waals surface area contributed by atoms with Gasteiger partial charge in [0.05, 0.1) is 6.61 Å². The average Bonchev–Trinajstić information content (AvgIpc) is 2.35. The van der Waals surface area contributed by atoms with Crippen molar-refractivity contribution in [1.82, 2.24) is 0 Å². The van der Waals surface area contributed by atoms with Gasteiger partial charge in [0.25, 0.3) is 0 Å². The van der Waals surface area contributed by atoms with Gasteiger partial charge in [-0.3, -0.25) is 4.79 Å². The topological polar surface area (TPSA) is 63.6 Å². The van der Waals surface area contributed by atoms with Gasteiger partial charge in [-0.15, -0.1) is 0 Å². The lowest BCUT2D eigenvalue weighted by atomic mass is 10.0. The van der Waals surface area contributed by atoms with Crippen molar-refractivity contribution in [3.63, 3.8) is 0 Å². The van der Waals surface area contributed by atoms with Gasteiger partial charge in [0.2, 0.25) is 0 Å². The van der Waals surface area contributed by atoms with Crippen molar-refractivity contribution in [3.8, 4) is 0 Å². The molecule has 0 radical (unpaired) electrons. The van der Waals surface area contributed by atoms with Crippen LogP contribution in [0, 0.1) is 0 Å². The Hall–Kier alpha value is -2.10. The fraction of sp³-hybridized carbons (Fsp3) is 0.286. The Bertz CT molecular complexity index is 449. The van der Waals surface area contributed by atoms with E-state index >= 15 is 0 Å². The standard InChI is InChI=1S/C14H16O4/c1-2-18-14(17)10-8-12-6-4-3-5-11(12)7-9-13(15)16/h3-6,8,10H,2,7,9H2,1H3,(H,15,16). The molecule has 1 aromatic carbocycles. The lowest BCUT2D eigenvalue weighted by molar-refractivity contribution is -0.138. The van der Waals surface area contributed by atoms with E-state index in [1.807, 2.05) is 24.3 Å². The molecule has 0 unspecified atom stereocenters. The molecule has 1 rings (SSSR count). The zero-order valence-corrected chi connectivity index (χ0v) is 10.3. The van der Waals surface area contributed by atoms with Crippen LogP contribution in [0.4, 0.5) is 0 Å². The van der Waals surface area contributed by atoms with Crippen LogP contribution in [0.15, 0.2) is 30.3 Å². The number of rotatable bonds is 6. The van der Waals surface area contributed by atoms with Crippen LogP contribution < -0.4 is 0 Å². The van der Waals surface area contributed by atoms with Gasteiger partial charge in [0, 0.05) is 12.5 Å². The van der Waals surface area contributed by atoms with Crippen molar-refractivity contribution in [2.45, 2.75) is 19.8 Å². The van der Waals surface area contributed by atoms with Crippen molar-refractivity contribution in [1.29, 1.82) is 0 Å². The monoisotopic (exact) mass is 248 g/mol. The van der Waals surface area contributed by atoms with E-state index in [0.717, 1.165) is 11.1 Å². The predicted octanol–water partition coefficient (Wildman–Crippen LogP) is 2.28. The van der Waals surface area contributed by atoms with E-state index in [-0.39, 0.29) is 6.42 Å². The average molecular weight is 248 g/mol. The summed E-state index contributed by atoms with van der Waals surface area (Å²) < 4.78 is 4.78. The Kier molecular flexibility index (Phi) is 5.64. The van der Waals surface area contributed by atoms with Crippen LogP contribution in [-0.4, -0.2) is 23.7 Å². The Balaban J connectivity index is 2.75. The smallest absolute Gasteiger partial charge is 0.330 e. The van der Waals surface area contributed by atoms with E-state index in [4.69, 9.17) is 9.84 Å². The molecule has 18 heavy (non-hydrogen) atoms. The predicted molar refractivity (Wildman–Crippen MR) is 68.1 cm³/mol. The number of carbonyl (C=O) groups excluding carboxylic acids is 1. The van der Waals surface area contributed by atoms with Crippen molar-refractivity contribution in [3.05, 3.63) is 41.5 Å². The molecule has 0 heterocycles. The van der Waals surface area contributed by atoms with E-state index in [2.05, 4.69) is 0 Å². The van der Waals surface area contributed by atoms with Crippen LogP contribution in [0.1, 0.15) is 24.5 Å². The third-order valence-electron chi connectivity index (χ3n) is 2.35. The second-order valence-corrected chi connectivity index (χ2v) is 3.68. The highest BCUT2D eigenvalue weighted by atomic mass is 16.5. The molecule has 96 valence electrons. The fourth-order valence-corrected chi connectivity index (χ4v) is 1.51. The zero-order chi connectivity index (χ0) is 13.4. The van der Waals surface area contributed by atoms with Crippen molar-refractivity contribution < 1.29 is 19.4 Å². The summed E-state index contributed by atoms with van der Waals surface area (Å²) in [6.45, 7) is 2.08. The maximum Gasteiger partial charge on any atom is 0.330 e. The number of carboxylic acids is 1. The molecule has 0 amide bonds. The quantitative estimate of drug-likeness (QED) is 0.619. The Morgan fingerprint density at radius 1 is 1.33 bits per heavy atom. The number of carbonyl (C=O) groups is 2. The molecule has 0 fully saturated rings. The van der Waals surface area contributed by atoms with Crippen molar-refractivity contribution in [2.24, 2.45) is 0 Å². The molecular weight excluding hydrogens is 232 g/mol. The van der Waals surface area contributed by atoms with Gasteiger partial charge in [0.15, 0.2) is 0 Å². The number of carboxylic acid groups (broad SMARTS) is 1. The maximum atomic E-state index is 11.2. The maximum absolute atomic E-state index is 11.2. The molecule has 0 aliphatic rings. The molecule has 0 spiro atoms. The molecule has 4 nitrogen and oxygen atoms in total. The third-order valence-corrected chi connectivity index (χ3v) is 2.35. The van der Waals surface area contributed by atoms with Crippen molar-refractivity contribution >= 4 is 18.0 Å². The summed E-state index contributed by atoms with van der Waals surface area (Å²) in [5, 5.41) is 8.66. The number of ether oxygens (including phenoxy) is 1. The molecule has 0 aliphatic carbocycles. The SMILES string of the molecule is CCOC(=O)C=Cc1ccccc1CCC(=O)O. The number of aliphatic carboxylic acids is 1. The van der Waals surface area contributed by atoms with E-state index in [1.165, 1.54) is 6.08 Å². The van der Waals surface area contributed by atoms with E-state index < -0.39 is 11.9 Å². The second kappa shape index (κ2) is 7.27. The molecule has 1 N–H and O–H groups in total. The van der Waals surface area contributed by atoms with Gasteiger partial charge in [-0.25, -0.2) is 4.79 Å². The zero-order valence-electron chi connectivity index (χ0n) is 10.3. The highest BCUT2D eigenvalue weighted by Crippen LogP contribution is 2.13. The molecule has 1 aromatic rings. The minimum atomic E-state index is -0.834. The van der Waals surface area contributed by atoms with E-state index in [0.29, 0.717) is 13.0 Å². The lowest BCUT2D eigenvalue weighted by Crippen LogP contribution is -2.00. The number of benzene rings is 1. The Morgan fingerprint density at radius 3 is 2.72 bits per heavy atom. The summed E-state index contributed by atoms with van der Waals surface area (Å²) in [6, 6.07) is 7.38. The first-order valence-electron chi connectivity index (χ1n) is 5.78. The minimum absolute atomic E-state index is 0.0737. The van der Waals surface area contributed by atoms with Gasteiger partial charge in [-0.2, -0.15) is 0 Å². The van der Waals surface area contributed by atoms with Crippen LogP contribution in [0.25, 0.3) is 6.08 Å². The van der Waals surface area contributed by atoms with Gasteiger partial charge in [-0.05, 0) is 30.5 Å². The number of hydrogen-bond donors (Lipinski definition) is 1. The first kappa shape index (κ1) is 14.0. The molecule has 0 saturated carbocycles. The van der Waals surface area contributed by atoms with Gasteiger partial charge < -0.3 is 9.84 Å². The summed E-state index contributed by atoms with van der Waals surface area (Å²) in [6.07, 6.45) is 3.52. The largest absolute Gasteiger partial charge is 0.481 e. The van der Waals surface area contributed by atoms with Crippen LogP contribution >= 0.6 is 0 Å². The van der Waals surface area contributed by atoms with Crippen LogP contribution in [0.2, 0.25) is 0 Å². The summed E-state index contributed by atoms with van der Waals surface area (Å²) in [7, 11) is 0. The molecule has 0 atom stereocenters. The number of hydrogen-bond acceptors (Lipinski definition) is 3. The molecular formula is C14H16O4. The summed E-state index contributed by atoms with van der Waals surface area (Å²) >= 11 is 0. The summed E-state index contributed by atoms with van der Waals surface area (Å²) in [5.74, 6) is -1.23. The fourth-order valence-electron chi connectivity index (χ4n) is 1.51. The van der Waals surface area contributed by atoms with Gasteiger partial charge >= 0.3 is 11.9 Å². The summed E-state index contributed by atoms with van der Waals surface area (Å²) in [4.78, 5) is 21.7. The van der Waals surface area contributed by atoms with Crippen LogP contribution in [0.3, 0.4) is 0 Å². The number of esters is 1. The van der Waals surface area contributed by atoms with Crippen molar-refractivity contribution in [2.75, 3.05) is 6.61 Å². The van der Waals surface area contributed by atoms with E-state index in [1.54, 1.807) is 13.0 Å². The summed E-state index contributed by atoms with van der Waals surface area (Å²) in [5.41, 5.74) is 1.74. The van der Waals surface area contributed by atoms with Crippen LogP contribution in [0.5, 0.6) is 0 Å². The molecule has 0 aromatic heterocycles. The lowest BCUT2D eigenvalue weighted by Gasteiger charge is -2.04. The first-order valence-corrected chi connectivity index (χ1v) is 5.78. The third kappa shape index (κ3) is 4.82. The van der Waals surface area contributed by atoms with Gasteiger partial charge in [-0.1, -0.05) is 24.3 Å². The second-order valence-electron chi connectivity index (χ2n) is 3.68. The van der Waals surface area contributed by atoms with Crippen LogP contribution in [-0.2, 0) is 20.7 Å². The molecule has 0 aliphatic heterocycles. The first-order chi connectivity index (χ1) is 8.63. The highest BCUT2D eigenvalue weighted by Gasteiger charge is 2.03.